The number of methoxy groups -OCH3 is 1. The van der Waals surface area contributed by atoms with Crippen molar-refractivity contribution in [2.24, 2.45) is 0 Å². The molecule has 0 saturated carbocycles. The number of ether oxygens (including phenoxy) is 1. The quantitative estimate of drug-likeness (QED) is 0.641. The first-order chi connectivity index (χ1) is 7.19. The van der Waals surface area contributed by atoms with E-state index >= 15 is 0 Å². The van der Waals surface area contributed by atoms with Crippen molar-refractivity contribution in [3.63, 3.8) is 0 Å². The van der Waals surface area contributed by atoms with Gasteiger partial charge in [-0.1, -0.05) is 6.92 Å². The largest absolute Gasteiger partial charge is 0.468 e. The van der Waals surface area contributed by atoms with Gasteiger partial charge in [-0.05, 0) is 19.9 Å². The van der Waals surface area contributed by atoms with Crippen LogP contribution in [0.5, 0.6) is 0 Å². The molecule has 1 saturated heterocycles. The van der Waals surface area contributed by atoms with Crippen molar-refractivity contribution in [2.45, 2.75) is 26.3 Å². The Morgan fingerprint density at radius 3 is 2.40 bits per heavy atom. The van der Waals surface area contributed by atoms with Gasteiger partial charge in [0.25, 0.3) is 0 Å². The van der Waals surface area contributed by atoms with Gasteiger partial charge >= 0.3 is 5.97 Å². The Morgan fingerprint density at radius 2 is 1.93 bits per heavy atom. The van der Waals surface area contributed by atoms with Gasteiger partial charge in [0.1, 0.15) is 6.04 Å². The number of esters is 1. The highest BCUT2D eigenvalue weighted by Gasteiger charge is 2.25. The maximum atomic E-state index is 11.3. The molecule has 0 spiro atoms. The summed E-state index contributed by atoms with van der Waals surface area (Å²) in [6.45, 7) is 9.35. The predicted molar refractivity (Wildman–Crippen MR) is 59.8 cm³/mol. The Morgan fingerprint density at radius 1 is 1.33 bits per heavy atom. The van der Waals surface area contributed by atoms with Crippen LogP contribution in [0.1, 0.15) is 20.3 Å². The first kappa shape index (κ1) is 12.5. The highest BCUT2D eigenvalue weighted by atomic mass is 16.5. The minimum Gasteiger partial charge on any atom is -0.468 e. The number of hydrogen-bond donors (Lipinski definition) is 0. The topological polar surface area (TPSA) is 32.8 Å². The lowest BCUT2D eigenvalue weighted by atomic mass is 10.2. The van der Waals surface area contributed by atoms with E-state index < -0.39 is 0 Å². The minimum absolute atomic E-state index is 0.0984. The summed E-state index contributed by atoms with van der Waals surface area (Å²) in [7, 11) is 1.45. The van der Waals surface area contributed by atoms with Crippen LogP contribution in [0.25, 0.3) is 0 Å². The third kappa shape index (κ3) is 3.47. The molecular weight excluding hydrogens is 192 g/mol. The van der Waals surface area contributed by atoms with Crippen molar-refractivity contribution in [1.29, 1.82) is 0 Å². The molecule has 4 heteroatoms. The molecular formula is C11H22N2O2. The van der Waals surface area contributed by atoms with Crippen molar-refractivity contribution in [3.05, 3.63) is 0 Å². The van der Waals surface area contributed by atoms with Crippen LogP contribution in [0, 0.1) is 0 Å². The van der Waals surface area contributed by atoms with E-state index in [0.717, 1.165) is 26.2 Å². The van der Waals surface area contributed by atoms with Gasteiger partial charge in [0.05, 0.1) is 7.11 Å². The fourth-order valence-electron chi connectivity index (χ4n) is 2.01. The maximum Gasteiger partial charge on any atom is 0.322 e. The third-order valence-corrected chi connectivity index (χ3v) is 3.04. The molecule has 4 nitrogen and oxygen atoms in total. The van der Waals surface area contributed by atoms with E-state index in [1.165, 1.54) is 20.1 Å². The zero-order chi connectivity index (χ0) is 11.3. The van der Waals surface area contributed by atoms with Crippen LogP contribution in [0.3, 0.4) is 0 Å². The normalized spacial score (nSPS) is 21.3. The van der Waals surface area contributed by atoms with E-state index in [4.69, 9.17) is 4.74 Å². The Bertz CT molecular complexity index is 201. The van der Waals surface area contributed by atoms with Crippen molar-refractivity contribution < 1.29 is 9.53 Å². The minimum atomic E-state index is -0.126. The molecule has 1 atom stereocenters. The highest BCUT2D eigenvalue weighted by Crippen LogP contribution is 2.07. The molecule has 0 amide bonds. The van der Waals surface area contributed by atoms with Gasteiger partial charge in [-0.15, -0.1) is 0 Å². The molecule has 1 heterocycles. The van der Waals surface area contributed by atoms with Gasteiger partial charge in [-0.25, -0.2) is 0 Å². The monoisotopic (exact) mass is 214 g/mol. The first-order valence-corrected chi connectivity index (χ1v) is 5.73. The lowest BCUT2D eigenvalue weighted by molar-refractivity contribution is -0.147. The maximum absolute atomic E-state index is 11.3. The Labute approximate surface area is 92.2 Å². The number of carbonyl (C=O) groups is 1. The number of nitrogens with zero attached hydrogens (tertiary/aromatic N) is 2. The van der Waals surface area contributed by atoms with Gasteiger partial charge in [0.2, 0.25) is 0 Å². The van der Waals surface area contributed by atoms with Gasteiger partial charge in [-0.3, -0.25) is 9.69 Å². The van der Waals surface area contributed by atoms with Crippen LogP contribution in [-0.2, 0) is 9.53 Å². The zero-order valence-electron chi connectivity index (χ0n) is 10.0. The summed E-state index contributed by atoms with van der Waals surface area (Å²) in [5.41, 5.74) is 0. The average molecular weight is 214 g/mol. The molecule has 0 aromatic carbocycles. The summed E-state index contributed by atoms with van der Waals surface area (Å²) in [4.78, 5) is 16.0. The van der Waals surface area contributed by atoms with E-state index in [9.17, 15) is 4.79 Å². The summed E-state index contributed by atoms with van der Waals surface area (Å²) in [5, 5.41) is 0. The summed E-state index contributed by atoms with van der Waals surface area (Å²) < 4.78 is 4.75. The summed E-state index contributed by atoms with van der Waals surface area (Å²) in [6, 6.07) is -0.0984. The third-order valence-electron chi connectivity index (χ3n) is 3.04. The number of rotatable bonds is 4. The van der Waals surface area contributed by atoms with Crippen LogP contribution < -0.4 is 0 Å². The second kappa shape index (κ2) is 6.08. The summed E-state index contributed by atoms with van der Waals surface area (Å²) in [5.74, 6) is -0.126. The van der Waals surface area contributed by atoms with Crippen molar-refractivity contribution in [3.8, 4) is 0 Å². The molecule has 0 aromatic rings. The van der Waals surface area contributed by atoms with Crippen molar-refractivity contribution in [1.82, 2.24) is 9.80 Å². The summed E-state index contributed by atoms with van der Waals surface area (Å²) in [6.07, 6.45) is 1.20. The average Bonchev–Trinajstić information content (AvgIpc) is 2.28. The van der Waals surface area contributed by atoms with E-state index in [0.29, 0.717) is 0 Å². The molecule has 0 unspecified atom stereocenters. The van der Waals surface area contributed by atoms with E-state index in [-0.39, 0.29) is 12.0 Å². The standard InChI is InChI=1S/C11H22N2O2/c1-4-5-12-6-8-13(9-7-12)10(2)11(14)15-3/h10H,4-9H2,1-3H3/t10-/m1/s1. The van der Waals surface area contributed by atoms with Crippen molar-refractivity contribution >= 4 is 5.97 Å². The van der Waals surface area contributed by atoms with Crippen LogP contribution in [0.2, 0.25) is 0 Å². The molecule has 1 aliphatic rings. The number of piperazine rings is 1. The first-order valence-electron chi connectivity index (χ1n) is 5.73. The highest BCUT2D eigenvalue weighted by molar-refractivity contribution is 5.75. The fourth-order valence-corrected chi connectivity index (χ4v) is 2.01. The molecule has 0 aromatic heterocycles. The number of hydrogen-bond acceptors (Lipinski definition) is 4. The van der Waals surface area contributed by atoms with Crippen LogP contribution in [0.4, 0.5) is 0 Å². The molecule has 1 rings (SSSR count). The van der Waals surface area contributed by atoms with Crippen molar-refractivity contribution in [2.75, 3.05) is 39.8 Å². The lowest BCUT2D eigenvalue weighted by Crippen LogP contribution is -2.51. The van der Waals surface area contributed by atoms with E-state index in [2.05, 4.69) is 16.7 Å². The second-order valence-corrected chi connectivity index (χ2v) is 4.08. The van der Waals surface area contributed by atoms with Gasteiger partial charge in [0.15, 0.2) is 0 Å². The Kier molecular flexibility index (Phi) is 5.05. The SMILES string of the molecule is CCCN1CCN([C@H](C)C(=O)OC)CC1. The molecule has 0 radical (unpaired) electrons. The summed E-state index contributed by atoms with van der Waals surface area (Å²) >= 11 is 0. The zero-order valence-corrected chi connectivity index (χ0v) is 10.0. The van der Waals surface area contributed by atoms with Crippen LogP contribution in [-0.4, -0.2) is 61.6 Å². The number of carbonyl (C=O) groups excluding carboxylic acids is 1. The van der Waals surface area contributed by atoms with E-state index in [1.807, 2.05) is 6.92 Å². The smallest absolute Gasteiger partial charge is 0.322 e. The molecule has 0 N–H and O–H groups in total. The predicted octanol–water partition coefficient (Wildman–Crippen LogP) is 0.576. The molecule has 0 aliphatic carbocycles. The van der Waals surface area contributed by atoms with Crippen LogP contribution in [0.15, 0.2) is 0 Å². The van der Waals surface area contributed by atoms with Crippen LogP contribution >= 0.6 is 0 Å². The van der Waals surface area contributed by atoms with Gasteiger partial charge in [-0.2, -0.15) is 0 Å². The van der Waals surface area contributed by atoms with Gasteiger partial charge in [0, 0.05) is 26.2 Å². The molecule has 15 heavy (non-hydrogen) atoms. The Hall–Kier alpha value is -0.610. The van der Waals surface area contributed by atoms with E-state index in [1.54, 1.807) is 0 Å². The Balaban J connectivity index is 2.33. The molecule has 1 aliphatic heterocycles. The fraction of sp³-hybridized carbons (Fsp3) is 0.909. The van der Waals surface area contributed by atoms with Gasteiger partial charge < -0.3 is 9.64 Å². The second-order valence-electron chi connectivity index (χ2n) is 4.08. The molecule has 88 valence electrons. The lowest BCUT2D eigenvalue weighted by Gasteiger charge is -2.36. The molecule has 1 fully saturated rings. The molecule has 0 bridgehead atoms.